The Morgan fingerprint density at radius 3 is 2.64 bits per heavy atom. The lowest BCUT2D eigenvalue weighted by molar-refractivity contribution is 0.0953. The van der Waals surface area contributed by atoms with E-state index >= 15 is 0 Å². The van der Waals surface area contributed by atoms with Gasteiger partial charge in [-0.05, 0) is 61.4 Å². The summed E-state index contributed by atoms with van der Waals surface area (Å²) in [5.74, 6) is 4.68. The SMILES string of the molecule is Cn1ccc(CS(=O)(=O)c2ccc(C(=O)NCCCc3cnc[nH]3)cc2C#Cc2ccc(F)cc2)n1. The van der Waals surface area contributed by atoms with E-state index in [1.165, 1.54) is 47.1 Å². The van der Waals surface area contributed by atoms with Crippen LogP contribution in [-0.2, 0) is 29.1 Å². The van der Waals surface area contributed by atoms with Crippen LogP contribution in [0.2, 0.25) is 0 Å². The number of hydrogen-bond donors (Lipinski definition) is 2. The molecule has 0 saturated carbocycles. The molecule has 2 aromatic heterocycles. The minimum atomic E-state index is -3.81. The van der Waals surface area contributed by atoms with Crippen molar-refractivity contribution in [2.45, 2.75) is 23.5 Å². The third-order valence-electron chi connectivity index (χ3n) is 5.33. The molecule has 0 saturated heterocycles. The average Bonchev–Trinajstić information content (AvgIpc) is 3.52. The maximum Gasteiger partial charge on any atom is 0.251 e. The number of rotatable bonds is 8. The fourth-order valence-corrected chi connectivity index (χ4v) is 4.95. The predicted octanol–water partition coefficient (Wildman–Crippen LogP) is 3.02. The number of nitrogens with zero attached hydrogens (tertiary/aromatic N) is 3. The third kappa shape index (κ3) is 6.46. The van der Waals surface area contributed by atoms with Gasteiger partial charge in [0.05, 0.1) is 22.7 Å². The van der Waals surface area contributed by atoms with E-state index in [2.05, 4.69) is 32.2 Å². The molecule has 10 heteroatoms. The van der Waals surface area contributed by atoms with Crippen molar-refractivity contribution in [3.05, 3.63) is 101 Å². The molecule has 4 aromatic rings. The number of aryl methyl sites for hydroxylation is 2. The molecule has 2 heterocycles. The molecule has 0 aliphatic heterocycles. The molecule has 0 radical (unpaired) electrons. The van der Waals surface area contributed by atoms with Crippen molar-refractivity contribution in [3.63, 3.8) is 0 Å². The summed E-state index contributed by atoms with van der Waals surface area (Å²) in [6.45, 7) is 0.439. The smallest absolute Gasteiger partial charge is 0.251 e. The first-order chi connectivity index (χ1) is 17.3. The second-order valence-corrected chi connectivity index (χ2v) is 10.1. The van der Waals surface area contributed by atoms with Gasteiger partial charge in [0.15, 0.2) is 9.84 Å². The van der Waals surface area contributed by atoms with Gasteiger partial charge >= 0.3 is 0 Å². The van der Waals surface area contributed by atoms with Crippen molar-refractivity contribution in [1.29, 1.82) is 0 Å². The predicted molar refractivity (Wildman–Crippen MR) is 132 cm³/mol. The van der Waals surface area contributed by atoms with Gasteiger partial charge in [-0.3, -0.25) is 9.48 Å². The number of carbonyl (C=O) groups is 1. The average molecular weight is 506 g/mol. The van der Waals surface area contributed by atoms with Crippen LogP contribution in [0.15, 0.2) is 72.1 Å². The van der Waals surface area contributed by atoms with Crippen LogP contribution >= 0.6 is 0 Å². The molecule has 0 aliphatic rings. The molecule has 36 heavy (non-hydrogen) atoms. The highest BCUT2D eigenvalue weighted by Gasteiger charge is 2.21. The van der Waals surface area contributed by atoms with Crippen LogP contribution in [0, 0.1) is 17.7 Å². The van der Waals surface area contributed by atoms with Crippen molar-refractivity contribution < 1.29 is 17.6 Å². The van der Waals surface area contributed by atoms with Gasteiger partial charge in [-0.1, -0.05) is 11.8 Å². The van der Waals surface area contributed by atoms with E-state index in [0.29, 0.717) is 24.2 Å². The van der Waals surface area contributed by atoms with Gasteiger partial charge in [-0.2, -0.15) is 5.10 Å². The molecule has 184 valence electrons. The Kier molecular flexibility index (Phi) is 7.61. The molecule has 0 unspecified atom stereocenters. The zero-order valence-electron chi connectivity index (χ0n) is 19.5. The maximum absolute atomic E-state index is 13.2. The molecule has 1 amide bonds. The highest BCUT2D eigenvalue weighted by atomic mass is 32.2. The Morgan fingerprint density at radius 1 is 1.14 bits per heavy atom. The normalized spacial score (nSPS) is 11.1. The van der Waals surface area contributed by atoms with Crippen LogP contribution < -0.4 is 5.32 Å². The number of benzene rings is 2. The number of amides is 1. The molecule has 0 bridgehead atoms. The number of hydrogen-bond acceptors (Lipinski definition) is 5. The second kappa shape index (κ2) is 11.0. The van der Waals surface area contributed by atoms with Crippen LogP contribution in [-0.4, -0.2) is 40.6 Å². The molecule has 0 fully saturated rings. The standard InChI is InChI=1S/C26H24FN5O3S/c1-32-14-12-24(31-32)17-36(34,35)25-11-8-21(26(33)29-13-2-3-23-16-28-18-30-23)15-20(25)7-4-19-5-9-22(27)10-6-19/h5-6,8-12,14-16,18H,2-3,13,17H2,1H3,(H,28,30)(H,29,33). The lowest BCUT2D eigenvalue weighted by Crippen LogP contribution is -2.25. The zero-order chi connectivity index (χ0) is 25.5. The van der Waals surface area contributed by atoms with Crippen LogP contribution in [0.1, 0.15) is 39.3 Å². The molecule has 0 atom stereocenters. The highest BCUT2D eigenvalue weighted by molar-refractivity contribution is 7.90. The van der Waals surface area contributed by atoms with E-state index in [9.17, 15) is 17.6 Å². The Bertz CT molecular complexity index is 1520. The number of imidazole rings is 1. The monoisotopic (exact) mass is 505 g/mol. The van der Waals surface area contributed by atoms with Crippen LogP contribution in [0.5, 0.6) is 0 Å². The minimum Gasteiger partial charge on any atom is -0.352 e. The van der Waals surface area contributed by atoms with Gasteiger partial charge in [0.25, 0.3) is 5.91 Å². The van der Waals surface area contributed by atoms with Crippen molar-refractivity contribution >= 4 is 15.7 Å². The quantitative estimate of drug-likeness (QED) is 0.283. The Morgan fingerprint density at radius 2 is 1.94 bits per heavy atom. The van der Waals surface area contributed by atoms with E-state index in [-0.39, 0.29) is 27.7 Å². The summed E-state index contributed by atoms with van der Waals surface area (Å²) in [5, 5.41) is 7.00. The number of H-pyrrole nitrogens is 1. The summed E-state index contributed by atoms with van der Waals surface area (Å²) >= 11 is 0. The zero-order valence-corrected chi connectivity index (χ0v) is 20.3. The van der Waals surface area contributed by atoms with E-state index in [4.69, 9.17) is 0 Å². The van der Waals surface area contributed by atoms with Crippen LogP contribution in [0.25, 0.3) is 0 Å². The Hall–Kier alpha value is -4.23. The Balaban J connectivity index is 1.58. The van der Waals surface area contributed by atoms with Crippen molar-refractivity contribution in [3.8, 4) is 11.8 Å². The van der Waals surface area contributed by atoms with Crippen LogP contribution in [0.3, 0.4) is 0 Å². The largest absolute Gasteiger partial charge is 0.352 e. The molecule has 0 aliphatic carbocycles. The maximum atomic E-state index is 13.2. The summed E-state index contributed by atoms with van der Waals surface area (Å²) in [7, 11) is -2.10. The lowest BCUT2D eigenvalue weighted by Gasteiger charge is -2.09. The number of nitrogens with one attached hydrogen (secondary N) is 2. The van der Waals surface area contributed by atoms with Crippen molar-refractivity contribution in [1.82, 2.24) is 25.1 Å². The van der Waals surface area contributed by atoms with Crippen molar-refractivity contribution in [2.75, 3.05) is 6.54 Å². The first kappa shape index (κ1) is 24.9. The molecule has 2 N–H and O–H groups in total. The molecular formula is C26H24FN5O3S. The van der Waals surface area contributed by atoms with E-state index < -0.39 is 15.7 Å². The molecule has 2 aromatic carbocycles. The number of halogens is 1. The number of carbonyl (C=O) groups excluding carboxylic acids is 1. The second-order valence-electron chi connectivity index (χ2n) is 8.14. The minimum absolute atomic E-state index is 0.00133. The summed E-state index contributed by atoms with van der Waals surface area (Å²) in [6, 6.07) is 11.5. The first-order valence-corrected chi connectivity index (χ1v) is 12.8. The molecule has 4 rings (SSSR count). The van der Waals surface area contributed by atoms with E-state index in [0.717, 1.165) is 12.1 Å². The van der Waals surface area contributed by atoms with Gasteiger partial charge in [0, 0.05) is 48.4 Å². The topological polar surface area (TPSA) is 110 Å². The number of sulfone groups is 1. The summed E-state index contributed by atoms with van der Waals surface area (Å²) < 4.78 is 41.2. The molecule has 8 nitrogen and oxygen atoms in total. The van der Waals surface area contributed by atoms with Gasteiger partial charge in [0.2, 0.25) is 0 Å². The van der Waals surface area contributed by atoms with E-state index in [1.807, 2.05) is 0 Å². The summed E-state index contributed by atoms with van der Waals surface area (Å²) in [6.07, 6.45) is 6.45. The van der Waals surface area contributed by atoms with Gasteiger partial charge in [-0.25, -0.2) is 17.8 Å². The van der Waals surface area contributed by atoms with Gasteiger partial charge < -0.3 is 10.3 Å². The highest BCUT2D eigenvalue weighted by Crippen LogP contribution is 2.22. The summed E-state index contributed by atoms with van der Waals surface area (Å²) in [5.41, 5.74) is 2.36. The Labute approximate surface area is 208 Å². The molecular weight excluding hydrogens is 481 g/mol. The van der Waals surface area contributed by atoms with Crippen molar-refractivity contribution in [2.24, 2.45) is 7.05 Å². The summed E-state index contributed by atoms with van der Waals surface area (Å²) in [4.78, 5) is 19.7. The fourth-order valence-electron chi connectivity index (χ4n) is 3.53. The third-order valence-corrected chi connectivity index (χ3v) is 7.03. The van der Waals surface area contributed by atoms with E-state index in [1.54, 1.807) is 31.8 Å². The molecule has 0 spiro atoms. The number of aromatic amines is 1. The lowest BCUT2D eigenvalue weighted by atomic mass is 10.1. The van der Waals surface area contributed by atoms with Gasteiger partial charge in [-0.15, -0.1) is 0 Å². The van der Waals surface area contributed by atoms with Crippen LogP contribution in [0.4, 0.5) is 4.39 Å². The number of aromatic nitrogens is 4. The first-order valence-electron chi connectivity index (χ1n) is 11.2. The fraction of sp³-hybridized carbons (Fsp3) is 0.192. The van der Waals surface area contributed by atoms with Gasteiger partial charge in [0.1, 0.15) is 5.82 Å².